The van der Waals surface area contributed by atoms with Gasteiger partial charge in [0.1, 0.15) is 5.82 Å². The fraction of sp³-hybridized carbons (Fsp3) is 0.350. The topological polar surface area (TPSA) is 103 Å². The van der Waals surface area contributed by atoms with E-state index in [2.05, 4.69) is 15.5 Å². The molecule has 28 heavy (non-hydrogen) atoms. The summed E-state index contributed by atoms with van der Waals surface area (Å²) in [5.41, 5.74) is 10.5. The zero-order valence-electron chi connectivity index (χ0n) is 15.7. The third kappa shape index (κ3) is 3.98. The normalized spacial score (nSPS) is 17.1. The maximum atomic E-state index is 7.43. The molecule has 2 aliphatic heterocycles. The van der Waals surface area contributed by atoms with Crippen LogP contribution in [0.25, 0.3) is 5.57 Å². The van der Waals surface area contributed by atoms with E-state index in [1.807, 2.05) is 36.0 Å². The molecule has 1 fully saturated rings. The van der Waals surface area contributed by atoms with Crippen molar-refractivity contribution in [1.29, 1.82) is 5.41 Å². The molecule has 8 heteroatoms. The molecule has 2 aromatic rings. The van der Waals surface area contributed by atoms with E-state index < -0.39 is 0 Å². The Bertz CT molecular complexity index is 871. The summed E-state index contributed by atoms with van der Waals surface area (Å²) in [7, 11) is 0. The van der Waals surface area contributed by atoms with Crippen LogP contribution in [0.2, 0.25) is 0 Å². The lowest BCUT2D eigenvalue weighted by molar-refractivity contribution is 0.724. The first kappa shape index (κ1) is 18.8. The van der Waals surface area contributed by atoms with Crippen molar-refractivity contribution in [1.82, 2.24) is 15.3 Å². The highest BCUT2D eigenvalue weighted by atomic mass is 32.2. The smallest absolute Gasteiger partial charge is 0.227 e. The summed E-state index contributed by atoms with van der Waals surface area (Å²) in [6, 6.07) is 7.91. The van der Waals surface area contributed by atoms with Crippen LogP contribution < -0.4 is 21.3 Å². The number of allylic oxidation sites excluding steroid dienone is 1. The molecular weight excluding hydrogens is 370 g/mol. The average Bonchev–Trinajstić information content (AvgIpc) is 3.03. The van der Waals surface area contributed by atoms with Gasteiger partial charge in [0, 0.05) is 60.4 Å². The third-order valence-corrected chi connectivity index (χ3v) is 5.98. The molecule has 0 saturated carbocycles. The standard InChI is InChI=1S/C20H25N7S/c21-10-15(11-22)14-2-4-16(5-3-14)24-19-17-12-28-13-18(17)25-20(26-19)27-8-1-6-23-7-9-27/h2-5,10-11,21,23H,1,6-9,12-13,22H2,(H,24,25,26). The van der Waals surface area contributed by atoms with E-state index in [9.17, 15) is 0 Å². The van der Waals surface area contributed by atoms with Crippen molar-refractivity contribution in [2.75, 3.05) is 36.4 Å². The van der Waals surface area contributed by atoms with Crippen LogP contribution in [-0.2, 0) is 11.5 Å². The van der Waals surface area contributed by atoms with E-state index >= 15 is 0 Å². The van der Waals surface area contributed by atoms with Crippen molar-refractivity contribution < 1.29 is 0 Å². The molecule has 1 aromatic heterocycles. The second-order valence-electron chi connectivity index (χ2n) is 6.85. The number of aromatic nitrogens is 2. The van der Waals surface area contributed by atoms with Gasteiger partial charge in [0.15, 0.2) is 0 Å². The third-order valence-electron chi connectivity index (χ3n) is 5.01. The van der Waals surface area contributed by atoms with Crippen molar-refractivity contribution >= 4 is 41.0 Å². The minimum Gasteiger partial charge on any atom is -0.404 e. The molecule has 0 atom stereocenters. The molecular formula is C20H25N7S. The van der Waals surface area contributed by atoms with Gasteiger partial charge in [-0.1, -0.05) is 12.1 Å². The lowest BCUT2D eigenvalue weighted by Crippen LogP contribution is -2.30. The fourth-order valence-corrected chi connectivity index (χ4v) is 4.48. The Morgan fingerprint density at radius 3 is 2.82 bits per heavy atom. The van der Waals surface area contributed by atoms with E-state index in [0.717, 1.165) is 72.8 Å². The highest BCUT2D eigenvalue weighted by Crippen LogP contribution is 2.35. The summed E-state index contributed by atoms with van der Waals surface area (Å²) >= 11 is 1.88. The fourth-order valence-electron chi connectivity index (χ4n) is 3.44. The maximum Gasteiger partial charge on any atom is 0.227 e. The van der Waals surface area contributed by atoms with Crippen molar-refractivity contribution in [2.24, 2.45) is 5.73 Å². The van der Waals surface area contributed by atoms with Crippen LogP contribution in [-0.4, -0.2) is 42.4 Å². The van der Waals surface area contributed by atoms with Gasteiger partial charge in [-0.15, -0.1) is 0 Å². The van der Waals surface area contributed by atoms with Gasteiger partial charge in [0.25, 0.3) is 0 Å². The summed E-state index contributed by atoms with van der Waals surface area (Å²) in [5.74, 6) is 3.60. The highest BCUT2D eigenvalue weighted by Gasteiger charge is 2.22. The van der Waals surface area contributed by atoms with Crippen molar-refractivity contribution in [3.05, 3.63) is 47.3 Å². The van der Waals surface area contributed by atoms with Gasteiger partial charge in [-0.05, 0) is 30.7 Å². The Kier molecular flexibility index (Phi) is 5.78. The van der Waals surface area contributed by atoms with E-state index in [1.165, 1.54) is 18.0 Å². The van der Waals surface area contributed by atoms with Crippen molar-refractivity contribution in [2.45, 2.75) is 17.9 Å². The number of rotatable bonds is 5. The SMILES string of the molecule is N=CC(=CN)c1ccc(Nc2nc(N3CCCNCC3)nc3c2CSC3)cc1. The number of benzene rings is 1. The average molecular weight is 396 g/mol. The zero-order chi connectivity index (χ0) is 19.3. The summed E-state index contributed by atoms with van der Waals surface area (Å²) < 4.78 is 0. The van der Waals surface area contributed by atoms with Gasteiger partial charge in [-0.3, -0.25) is 0 Å². The molecule has 0 radical (unpaired) electrons. The highest BCUT2D eigenvalue weighted by molar-refractivity contribution is 7.98. The van der Waals surface area contributed by atoms with Crippen LogP contribution in [0.5, 0.6) is 0 Å². The quantitative estimate of drug-likeness (QED) is 0.577. The van der Waals surface area contributed by atoms with Crippen molar-refractivity contribution in [3.8, 4) is 0 Å². The summed E-state index contributed by atoms with van der Waals surface area (Å²) in [6.45, 7) is 3.91. The molecule has 3 heterocycles. The van der Waals surface area contributed by atoms with Crippen LogP contribution in [0.1, 0.15) is 23.2 Å². The zero-order valence-corrected chi connectivity index (χ0v) is 16.6. The van der Waals surface area contributed by atoms with E-state index in [-0.39, 0.29) is 0 Å². The van der Waals surface area contributed by atoms with Crippen molar-refractivity contribution in [3.63, 3.8) is 0 Å². The van der Waals surface area contributed by atoms with Gasteiger partial charge < -0.3 is 26.7 Å². The number of hydrogen-bond donors (Lipinski definition) is 4. The molecule has 0 spiro atoms. The molecule has 1 saturated heterocycles. The molecule has 4 rings (SSSR count). The number of nitrogens with one attached hydrogen (secondary N) is 3. The summed E-state index contributed by atoms with van der Waals surface area (Å²) in [6.07, 6.45) is 3.81. The molecule has 0 aliphatic carbocycles. The van der Waals surface area contributed by atoms with E-state index in [4.69, 9.17) is 21.1 Å². The van der Waals surface area contributed by atoms with Crippen LogP contribution in [0.3, 0.4) is 0 Å². The number of thioether (sulfide) groups is 1. The number of nitrogens with two attached hydrogens (primary N) is 1. The second-order valence-corrected chi connectivity index (χ2v) is 7.84. The number of fused-ring (bicyclic) bond motifs is 1. The van der Waals surface area contributed by atoms with Gasteiger partial charge in [-0.2, -0.15) is 16.7 Å². The Hall–Kier alpha value is -2.58. The first-order chi connectivity index (χ1) is 13.8. The Labute approximate surface area is 169 Å². The first-order valence-corrected chi connectivity index (χ1v) is 10.7. The molecule has 0 unspecified atom stereocenters. The van der Waals surface area contributed by atoms with Gasteiger partial charge in [0.05, 0.1) is 5.69 Å². The molecule has 7 nitrogen and oxygen atoms in total. The molecule has 2 aliphatic rings. The Balaban J connectivity index is 1.61. The van der Waals surface area contributed by atoms with E-state index in [1.54, 1.807) is 0 Å². The van der Waals surface area contributed by atoms with Gasteiger partial charge in [0.2, 0.25) is 5.95 Å². The second kappa shape index (κ2) is 8.62. The summed E-state index contributed by atoms with van der Waals surface area (Å²) in [5, 5.41) is 14.4. The van der Waals surface area contributed by atoms with E-state index in [0.29, 0.717) is 5.57 Å². The number of nitrogens with zero attached hydrogens (tertiary/aromatic N) is 3. The first-order valence-electron chi connectivity index (χ1n) is 9.51. The van der Waals surface area contributed by atoms with Crippen LogP contribution in [0.4, 0.5) is 17.5 Å². The molecule has 0 bridgehead atoms. The minimum absolute atomic E-state index is 0.697. The Morgan fingerprint density at radius 2 is 2.04 bits per heavy atom. The van der Waals surface area contributed by atoms with Gasteiger partial charge in [-0.25, -0.2) is 4.98 Å². The maximum absolute atomic E-state index is 7.43. The lowest BCUT2D eigenvalue weighted by Gasteiger charge is -2.22. The van der Waals surface area contributed by atoms with Crippen LogP contribution in [0.15, 0.2) is 30.5 Å². The predicted octanol–water partition coefficient (Wildman–Crippen LogP) is 2.72. The molecule has 146 valence electrons. The minimum atomic E-state index is 0.697. The molecule has 5 N–H and O–H groups in total. The summed E-state index contributed by atoms with van der Waals surface area (Å²) in [4.78, 5) is 12.0. The van der Waals surface area contributed by atoms with Crippen LogP contribution >= 0.6 is 11.8 Å². The molecule has 0 amide bonds. The van der Waals surface area contributed by atoms with Crippen LogP contribution in [0, 0.1) is 5.41 Å². The monoisotopic (exact) mass is 395 g/mol. The molecule has 1 aromatic carbocycles. The Morgan fingerprint density at radius 1 is 1.18 bits per heavy atom. The lowest BCUT2D eigenvalue weighted by atomic mass is 10.1. The van der Waals surface area contributed by atoms with Gasteiger partial charge >= 0.3 is 0 Å². The predicted molar refractivity (Wildman–Crippen MR) is 117 cm³/mol. The largest absolute Gasteiger partial charge is 0.404 e. The number of anilines is 3. The number of hydrogen-bond acceptors (Lipinski definition) is 8.